The molecule has 1 saturated carbocycles. The van der Waals surface area contributed by atoms with E-state index in [4.69, 9.17) is 10.5 Å². The molecule has 0 bridgehead atoms. The molecule has 1 aromatic carbocycles. The molecule has 1 fully saturated rings. The third-order valence-electron chi connectivity index (χ3n) is 4.84. The second-order valence-electron chi connectivity index (χ2n) is 6.45. The Morgan fingerprint density at radius 3 is 2.86 bits per heavy atom. The number of ether oxygens (including phenoxy) is 1. The summed E-state index contributed by atoms with van der Waals surface area (Å²) < 4.78 is 5.63. The van der Waals surface area contributed by atoms with Gasteiger partial charge in [-0.3, -0.25) is 4.99 Å². The summed E-state index contributed by atoms with van der Waals surface area (Å²) in [5, 5.41) is 3.20. The zero-order valence-corrected chi connectivity index (χ0v) is 13.0. The van der Waals surface area contributed by atoms with Gasteiger partial charge in [0.1, 0.15) is 0 Å². The maximum atomic E-state index is 6.02. The van der Waals surface area contributed by atoms with Gasteiger partial charge in [0.2, 0.25) is 0 Å². The van der Waals surface area contributed by atoms with Crippen LogP contribution >= 0.6 is 0 Å². The molecule has 0 aromatic heterocycles. The molecule has 1 unspecified atom stereocenters. The number of nitrogens with two attached hydrogens (primary N) is 1. The van der Waals surface area contributed by atoms with Crippen molar-refractivity contribution in [3.63, 3.8) is 0 Å². The van der Waals surface area contributed by atoms with Crippen LogP contribution in [-0.4, -0.2) is 25.2 Å². The Kier molecular flexibility index (Phi) is 3.89. The SMILES string of the molecule is COC(C)(CN=C(N)Nc1ccc2c(c1)CCC2)C1CC1. The summed E-state index contributed by atoms with van der Waals surface area (Å²) in [5.74, 6) is 1.09. The van der Waals surface area contributed by atoms with Gasteiger partial charge in [0.25, 0.3) is 0 Å². The number of hydrogen-bond acceptors (Lipinski definition) is 2. The van der Waals surface area contributed by atoms with Crippen LogP contribution in [0.15, 0.2) is 23.2 Å². The van der Waals surface area contributed by atoms with E-state index < -0.39 is 0 Å². The Bertz CT molecular complexity index is 551. The summed E-state index contributed by atoms with van der Waals surface area (Å²) in [5.41, 5.74) is 9.78. The van der Waals surface area contributed by atoms with Crippen molar-refractivity contribution in [3.05, 3.63) is 29.3 Å². The minimum atomic E-state index is -0.176. The van der Waals surface area contributed by atoms with Crippen LogP contribution in [-0.2, 0) is 17.6 Å². The first-order valence-electron chi connectivity index (χ1n) is 7.84. The van der Waals surface area contributed by atoms with Crippen LogP contribution < -0.4 is 11.1 Å². The summed E-state index contributed by atoms with van der Waals surface area (Å²) in [6.07, 6.45) is 6.10. The molecule has 0 heterocycles. The molecule has 21 heavy (non-hydrogen) atoms. The van der Waals surface area contributed by atoms with Gasteiger partial charge < -0.3 is 15.8 Å². The van der Waals surface area contributed by atoms with E-state index in [1.165, 1.54) is 43.2 Å². The van der Waals surface area contributed by atoms with Gasteiger partial charge in [-0.05, 0) is 68.2 Å². The molecule has 1 aromatic rings. The van der Waals surface area contributed by atoms with E-state index in [0.717, 1.165) is 5.69 Å². The van der Waals surface area contributed by atoms with E-state index in [1.54, 1.807) is 7.11 Å². The molecule has 114 valence electrons. The number of nitrogens with zero attached hydrogens (tertiary/aromatic N) is 1. The minimum Gasteiger partial charge on any atom is -0.376 e. The fraction of sp³-hybridized carbons (Fsp3) is 0.588. The molecule has 0 amide bonds. The quantitative estimate of drug-likeness (QED) is 0.646. The first-order valence-corrected chi connectivity index (χ1v) is 7.84. The van der Waals surface area contributed by atoms with Gasteiger partial charge >= 0.3 is 0 Å². The molecule has 4 heteroatoms. The van der Waals surface area contributed by atoms with Crippen molar-refractivity contribution in [1.29, 1.82) is 0 Å². The van der Waals surface area contributed by atoms with Crippen molar-refractivity contribution >= 4 is 11.6 Å². The van der Waals surface area contributed by atoms with E-state index in [0.29, 0.717) is 18.4 Å². The molecule has 2 aliphatic carbocycles. The second kappa shape index (κ2) is 5.68. The first kappa shape index (κ1) is 14.4. The molecule has 0 spiro atoms. The highest BCUT2D eigenvalue weighted by Gasteiger charge is 2.41. The van der Waals surface area contributed by atoms with Crippen molar-refractivity contribution in [2.75, 3.05) is 19.0 Å². The molecular formula is C17H25N3O. The number of nitrogens with one attached hydrogen (secondary N) is 1. The highest BCUT2D eigenvalue weighted by atomic mass is 16.5. The van der Waals surface area contributed by atoms with E-state index in [-0.39, 0.29) is 5.60 Å². The Hall–Kier alpha value is -1.55. The zero-order chi connectivity index (χ0) is 14.9. The van der Waals surface area contributed by atoms with Gasteiger partial charge in [-0.1, -0.05) is 6.07 Å². The standard InChI is InChI=1S/C17H25N3O/c1-17(21-2,14-7-8-14)11-19-16(18)20-15-9-6-12-4-3-5-13(12)10-15/h6,9-10,14H,3-5,7-8,11H2,1-2H3,(H3,18,19,20). The number of hydrogen-bond donors (Lipinski definition) is 2. The highest BCUT2D eigenvalue weighted by molar-refractivity contribution is 5.92. The lowest BCUT2D eigenvalue weighted by Crippen LogP contribution is -2.35. The molecule has 3 rings (SSSR count). The molecule has 1 atom stereocenters. The maximum absolute atomic E-state index is 6.02. The van der Waals surface area contributed by atoms with Crippen LogP contribution in [0, 0.1) is 5.92 Å². The number of fused-ring (bicyclic) bond motifs is 1. The third-order valence-corrected chi connectivity index (χ3v) is 4.84. The number of aryl methyl sites for hydroxylation is 2. The Morgan fingerprint density at radius 2 is 2.14 bits per heavy atom. The molecule has 0 aliphatic heterocycles. The molecule has 0 radical (unpaired) electrons. The van der Waals surface area contributed by atoms with Crippen LogP contribution in [0.3, 0.4) is 0 Å². The summed E-state index contributed by atoms with van der Waals surface area (Å²) in [6.45, 7) is 2.73. The summed E-state index contributed by atoms with van der Waals surface area (Å²) in [6, 6.07) is 6.48. The van der Waals surface area contributed by atoms with Crippen molar-refractivity contribution in [1.82, 2.24) is 0 Å². The van der Waals surface area contributed by atoms with E-state index >= 15 is 0 Å². The largest absolute Gasteiger partial charge is 0.376 e. The molecule has 4 nitrogen and oxygen atoms in total. The molecule has 3 N–H and O–H groups in total. The number of anilines is 1. The topological polar surface area (TPSA) is 59.6 Å². The molecule has 0 saturated heterocycles. The third kappa shape index (κ3) is 3.21. The lowest BCUT2D eigenvalue weighted by Gasteiger charge is -2.26. The summed E-state index contributed by atoms with van der Waals surface area (Å²) in [4.78, 5) is 4.48. The highest BCUT2D eigenvalue weighted by Crippen LogP contribution is 2.41. The van der Waals surface area contributed by atoms with Crippen molar-refractivity contribution in [3.8, 4) is 0 Å². The second-order valence-corrected chi connectivity index (χ2v) is 6.45. The smallest absolute Gasteiger partial charge is 0.193 e. The Labute approximate surface area is 126 Å². The fourth-order valence-electron chi connectivity index (χ4n) is 3.13. The van der Waals surface area contributed by atoms with Gasteiger partial charge in [-0.25, -0.2) is 0 Å². The van der Waals surface area contributed by atoms with Crippen LogP contribution in [0.1, 0.15) is 37.3 Å². The number of rotatable bonds is 5. The maximum Gasteiger partial charge on any atom is 0.193 e. The van der Waals surface area contributed by atoms with Crippen LogP contribution in [0.2, 0.25) is 0 Å². The van der Waals surface area contributed by atoms with Crippen molar-refractivity contribution in [2.24, 2.45) is 16.6 Å². The average molecular weight is 287 g/mol. The Balaban J connectivity index is 1.62. The van der Waals surface area contributed by atoms with E-state index in [2.05, 4.69) is 35.4 Å². The zero-order valence-electron chi connectivity index (χ0n) is 13.0. The Morgan fingerprint density at radius 1 is 1.38 bits per heavy atom. The van der Waals surface area contributed by atoms with Gasteiger partial charge in [0.05, 0.1) is 12.1 Å². The van der Waals surface area contributed by atoms with Gasteiger partial charge in [-0.2, -0.15) is 0 Å². The van der Waals surface area contributed by atoms with Gasteiger partial charge in [0.15, 0.2) is 5.96 Å². The van der Waals surface area contributed by atoms with Crippen LogP contribution in [0.25, 0.3) is 0 Å². The van der Waals surface area contributed by atoms with Crippen LogP contribution in [0.4, 0.5) is 5.69 Å². The molecule has 2 aliphatic rings. The predicted molar refractivity (Wildman–Crippen MR) is 86.7 cm³/mol. The monoisotopic (exact) mass is 287 g/mol. The summed E-state index contributed by atoms with van der Waals surface area (Å²) >= 11 is 0. The van der Waals surface area contributed by atoms with E-state index in [1.807, 2.05) is 0 Å². The fourth-order valence-corrected chi connectivity index (χ4v) is 3.13. The van der Waals surface area contributed by atoms with Gasteiger partial charge in [0, 0.05) is 12.8 Å². The van der Waals surface area contributed by atoms with E-state index in [9.17, 15) is 0 Å². The van der Waals surface area contributed by atoms with Crippen LogP contribution in [0.5, 0.6) is 0 Å². The summed E-state index contributed by atoms with van der Waals surface area (Å²) in [7, 11) is 1.76. The van der Waals surface area contributed by atoms with Crippen molar-refractivity contribution < 1.29 is 4.74 Å². The molecular weight excluding hydrogens is 262 g/mol. The lowest BCUT2D eigenvalue weighted by molar-refractivity contribution is -0.00467. The normalized spacial score (nSPS) is 21.0. The van der Waals surface area contributed by atoms with Gasteiger partial charge in [-0.15, -0.1) is 0 Å². The number of methoxy groups -OCH3 is 1. The number of guanidine groups is 1. The predicted octanol–water partition coefficient (Wildman–Crippen LogP) is 2.72. The lowest BCUT2D eigenvalue weighted by atomic mass is 10.0. The number of aliphatic imine (C=N–C) groups is 1. The first-order chi connectivity index (χ1) is 10.1. The van der Waals surface area contributed by atoms with Crippen molar-refractivity contribution in [2.45, 2.75) is 44.6 Å². The average Bonchev–Trinajstić information content (AvgIpc) is 3.24. The minimum absolute atomic E-state index is 0.176. The number of benzene rings is 1.